The first-order valence-electron chi connectivity index (χ1n) is 11.4. The average molecular weight is 506 g/mol. The minimum absolute atomic E-state index is 0.00275. The molecule has 0 aliphatic rings. The molecule has 9 heteroatoms. The molecule has 1 unspecified atom stereocenters. The summed E-state index contributed by atoms with van der Waals surface area (Å²) >= 11 is 5.34. The number of phenols is 1. The number of carbonyl (C=O) groups is 1. The number of thiocarbonyl (C=S) groups is 1. The van der Waals surface area contributed by atoms with Crippen LogP contribution in [0.1, 0.15) is 42.1 Å². The Morgan fingerprint density at radius 1 is 1.11 bits per heavy atom. The second kappa shape index (κ2) is 10.7. The third kappa shape index (κ3) is 5.11. The maximum Gasteiger partial charge on any atom is 0.264 e. The molecule has 0 saturated heterocycles. The number of anilines is 1. The van der Waals surface area contributed by atoms with Crippen molar-refractivity contribution in [2.45, 2.75) is 26.2 Å². The lowest BCUT2D eigenvalue weighted by Crippen LogP contribution is -2.34. The first-order chi connectivity index (χ1) is 17.3. The van der Waals surface area contributed by atoms with Gasteiger partial charge in [-0.15, -0.1) is 0 Å². The van der Waals surface area contributed by atoms with Crippen molar-refractivity contribution in [2.75, 3.05) is 19.5 Å². The van der Waals surface area contributed by atoms with Gasteiger partial charge in [-0.1, -0.05) is 26.0 Å². The first kappa shape index (κ1) is 25.0. The lowest BCUT2D eigenvalue weighted by molar-refractivity contribution is 0.0971. The van der Waals surface area contributed by atoms with Gasteiger partial charge in [-0.2, -0.15) is 0 Å². The number of benzene rings is 3. The monoisotopic (exact) mass is 505 g/mol. The van der Waals surface area contributed by atoms with Crippen molar-refractivity contribution >= 4 is 40.0 Å². The lowest BCUT2D eigenvalue weighted by atomic mass is 9.98. The molecule has 8 nitrogen and oxygen atoms in total. The van der Waals surface area contributed by atoms with E-state index >= 15 is 0 Å². The topological polar surface area (TPSA) is 106 Å². The number of rotatable bonds is 7. The molecular formula is C27H27N3O5S. The van der Waals surface area contributed by atoms with Crippen LogP contribution in [-0.4, -0.2) is 35.3 Å². The second-order valence-corrected chi connectivity index (χ2v) is 8.64. The van der Waals surface area contributed by atoms with E-state index in [0.717, 1.165) is 6.42 Å². The van der Waals surface area contributed by atoms with Gasteiger partial charge in [0.1, 0.15) is 28.3 Å². The summed E-state index contributed by atoms with van der Waals surface area (Å²) in [7, 11) is 2.94. The Morgan fingerprint density at radius 3 is 2.50 bits per heavy atom. The van der Waals surface area contributed by atoms with Crippen molar-refractivity contribution < 1.29 is 23.8 Å². The van der Waals surface area contributed by atoms with Crippen molar-refractivity contribution in [1.29, 1.82) is 0 Å². The van der Waals surface area contributed by atoms with Gasteiger partial charge in [0.15, 0.2) is 10.7 Å². The maximum absolute atomic E-state index is 12.9. The quantitative estimate of drug-likeness (QED) is 0.212. The fraction of sp³-hybridized carbons (Fsp3) is 0.222. The summed E-state index contributed by atoms with van der Waals surface area (Å²) < 4.78 is 16.5. The zero-order chi connectivity index (χ0) is 25.8. The summed E-state index contributed by atoms with van der Waals surface area (Å²) in [5.41, 5.74) is 3.67. The minimum Gasteiger partial charge on any atom is -0.507 e. The SMILES string of the molecule is CCC(C)c1ccc2oc(-c3cc(NC(=S)NC(=O)c4c(OC)cccc4OC)ccc3O)nc2c1. The summed E-state index contributed by atoms with van der Waals surface area (Å²) in [4.78, 5) is 17.5. The van der Waals surface area contributed by atoms with E-state index in [2.05, 4.69) is 29.5 Å². The van der Waals surface area contributed by atoms with Crippen molar-refractivity contribution in [3.63, 3.8) is 0 Å². The highest BCUT2D eigenvalue weighted by Gasteiger charge is 2.20. The number of fused-ring (bicyclic) bond motifs is 1. The lowest BCUT2D eigenvalue weighted by Gasteiger charge is -2.14. The molecule has 0 aliphatic heterocycles. The second-order valence-electron chi connectivity index (χ2n) is 8.23. The molecule has 4 aromatic rings. The number of oxazole rings is 1. The molecule has 0 radical (unpaired) electrons. The van der Waals surface area contributed by atoms with Gasteiger partial charge in [-0.3, -0.25) is 10.1 Å². The Balaban J connectivity index is 1.55. The number of hydrogen-bond donors (Lipinski definition) is 3. The number of carbonyl (C=O) groups excluding carboxylic acids is 1. The van der Waals surface area contributed by atoms with Crippen LogP contribution in [0.5, 0.6) is 17.2 Å². The van der Waals surface area contributed by atoms with E-state index in [4.69, 9.17) is 26.1 Å². The van der Waals surface area contributed by atoms with Crippen LogP contribution in [0.15, 0.2) is 59.0 Å². The minimum atomic E-state index is -0.489. The average Bonchev–Trinajstić information content (AvgIpc) is 3.31. The van der Waals surface area contributed by atoms with Gasteiger partial charge in [0.2, 0.25) is 5.89 Å². The largest absolute Gasteiger partial charge is 0.507 e. The number of methoxy groups -OCH3 is 2. The van der Waals surface area contributed by atoms with Gasteiger partial charge in [0.25, 0.3) is 5.91 Å². The molecule has 1 amide bonds. The van der Waals surface area contributed by atoms with Gasteiger partial charge in [0.05, 0.1) is 19.8 Å². The summed E-state index contributed by atoms with van der Waals surface area (Å²) in [6.07, 6.45) is 1.02. The molecule has 4 rings (SSSR count). The summed E-state index contributed by atoms with van der Waals surface area (Å²) in [6.45, 7) is 4.30. The number of nitrogens with one attached hydrogen (secondary N) is 2. The third-order valence-electron chi connectivity index (χ3n) is 5.96. The molecule has 0 saturated carbocycles. The summed E-state index contributed by atoms with van der Waals surface area (Å²) in [5, 5.41) is 16.1. The number of nitrogens with zero attached hydrogens (tertiary/aromatic N) is 1. The molecule has 36 heavy (non-hydrogen) atoms. The molecular weight excluding hydrogens is 478 g/mol. The summed E-state index contributed by atoms with van der Waals surface area (Å²) in [6, 6.07) is 15.8. The van der Waals surface area contributed by atoms with E-state index in [1.165, 1.54) is 25.8 Å². The van der Waals surface area contributed by atoms with Crippen LogP contribution in [-0.2, 0) is 0 Å². The predicted molar refractivity (Wildman–Crippen MR) is 143 cm³/mol. The highest BCUT2D eigenvalue weighted by Crippen LogP contribution is 2.34. The number of aromatic hydroxyl groups is 1. The standard InChI is InChI=1S/C27H27N3O5S/c1-5-15(2)16-9-12-21-19(13-16)29-26(35-21)18-14-17(10-11-20(18)31)28-27(36)30-25(32)24-22(33-3)7-6-8-23(24)34-4/h6-15,31H,5H2,1-4H3,(H2,28,30,32,36). The zero-order valence-electron chi connectivity index (χ0n) is 20.4. The zero-order valence-corrected chi connectivity index (χ0v) is 21.2. The number of amides is 1. The van der Waals surface area contributed by atoms with Crippen LogP contribution in [0.3, 0.4) is 0 Å². The van der Waals surface area contributed by atoms with Crippen LogP contribution in [0.25, 0.3) is 22.6 Å². The smallest absolute Gasteiger partial charge is 0.264 e. The van der Waals surface area contributed by atoms with Crippen LogP contribution >= 0.6 is 12.2 Å². The molecule has 3 aromatic carbocycles. The van der Waals surface area contributed by atoms with Crippen molar-refractivity contribution in [3.8, 4) is 28.7 Å². The van der Waals surface area contributed by atoms with E-state index in [1.807, 2.05) is 18.2 Å². The normalized spacial score (nSPS) is 11.7. The molecule has 1 atom stereocenters. The number of ether oxygens (including phenoxy) is 2. The van der Waals surface area contributed by atoms with Crippen molar-refractivity contribution in [2.24, 2.45) is 0 Å². The number of hydrogen-bond acceptors (Lipinski definition) is 7. The molecule has 1 heterocycles. The van der Waals surface area contributed by atoms with E-state index in [9.17, 15) is 9.90 Å². The first-order valence-corrected chi connectivity index (χ1v) is 11.8. The van der Waals surface area contributed by atoms with Gasteiger partial charge >= 0.3 is 0 Å². The van der Waals surface area contributed by atoms with E-state index in [-0.39, 0.29) is 22.3 Å². The van der Waals surface area contributed by atoms with Crippen molar-refractivity contribution in [3.05, 3.63) is 65.7 Å². The fourth-order valence-corrected chi connectivity index (χ4v) is 4.00. The van der Waals surface area contributed by atoms with Gasteiger partial charge < -0.3 is 24.3 Å². The third-order valence-corrected chi connectivity index (χ3v) is 6.16. The highest BCUT2D eigenvalue weighted by atomic mass is 32.1. The molecule has 1 aromatic heterocycles. The Labute approximate surface area is 214 Å². The van der Waals surface area contributed by atoms with Crippen LogP contribution in [0.4, 0.5) is 5.69 Å². The number of aromatic nitrogens is 1. The number of phenolic OH excluding ortho intramolecular Hbond substituents is 1. The van der Waals surface area contributed by atoms with E-state index < -0.39 is 5.91 Å². The maximum atomic E-state index is 12.9. The van der Waals surface area contributed by atoms with Crippen molar-refractivity contribution in [1.82, 2.24) is 10.3 Å². The Bertz CT molecular complexity index is 1410. The summed E-state index contributed by atoms with van der Waals surface area (Å²) in [5.74, 6) is 0.909. The predicted octanol–water partition coefficient (Wildman–Crippen LogP) is 5.86. The van der Waals surface area contributed by atoms with E-state index in [1.54, 1.807) is 30.3 Å². The Morgan fingerprint density at radius 2 is 1.83 bits per heavy atom. The Kier molecular flexibility index (Phi) is 7.40. The van der Waals surface area contributed by atoms with Crippen LogP contribution in [0, 0.1) is 0 Å². The van der Waals surface area contributed by atoms with Gasteiger partial charge in [-0.25, -0.2) is 4.98 Å². The van der Waals surface area contributed by atoms with Gasteiger partial charge in [-0.05, 0) is 72.6 Å². The Hall–Kier alpha value is -4.11. The van der Waals surface area contributed by atoms with Gasteiger partial charge in [0, 0.05) is 5.69 Å². The molecule has 3 N–H and O–H groups in total. The van der Waals surface area contributed by atoms with E-state index in [0.29, 0.717) is 39.8 Å². The molecule has 0 fully saturated rings. The van der Waals surface area contributed by atoms with Crippen LogP contribution in [0.2, 0.25) is 0 Å². The fourth-order valence-electron chi connectivity index (χ4n) is 3.79. The molecule has 186 valence electrons. The molecule has 0 bridgehead atoms. The van der Waals surface area contributed by atoms with Crippen LogP contribution < -0.4 is 20.1 Å². The molecule has 0 spiro atoms. The molecule has 0 aliphatic carbocycles. The highest BCUT2D eigenvalue weighted by molar-refractivity contribution is 7.80.